The molecule has 66 valence electrons. The normalized spacial score (nSPS) is 9.17. The van der Waals surface area contributed by atoms with Crippen LogP contribution in [0.4, 0.5) is 0 Å². The molecule has 0 aromatic rings. The van der Waals surface area contributed by atoms with Gasteiger partial charge < -0.3 is 6.53 Å². The molecule has 0 aromatic carbocycles. The Bertz CT molecular complexity index is 144. The Morgan fingerprint density at radius 3 is 2.67 bits per heavy atom. The van der Waals surface area contributed by atoms with Crippen molar-refractivity contribution in [3.63, 3.8) is 0 Å². The van der Waals surface area contributed by atoms with Gasteiger partial charge in [-0.1, -0.05) is 13.0 Å². The van der Waals surface area contributed by atoms with E-state index < -0.39 is 5.97 Å². The van der Waals surface area contributed by atoms with Crippen molar-refractivity contribution in [2.24, 2.45) is 0 Å². The Balaban J connectivity index is -0.000000500. The van der Waals surface area contributed by atoms with Gasteiger partial charge in [0.05, 0.1) is 6.54 Å². The van der Waals surface area contributed by atoms with E-state index >= 15 is 0 Å². The van der Waals surface area contributed by atoms with Crippen LogP contribution in [0, 0.1) is 0 Å². The van der Waals surface area contributed by atoms with Gasteiger partial charge in [-0.2, -0.15) is 0 Å². The Morgan fingerprint density at radius 1 is 1.75 bits per heavy atom. The number of hydrogen-bond acceptors (Lipinski definition) is 2. The summed E-state index contributed by atoms with van der Waals surface area (Å²) in [5, 5.41) is 8.46. The summed E-state index contributed by atoms with van der Waals surface area (Å²) in [4.78, 5) is 12.1. The Labute approximate surface area is 118 Å². The predicted octanol–water partition coefficient (Wildman–Crippen LogP) is -1.91. The fraction of sp³-hybridized carbons (Fsp3) is 0.625. The molecule has 0 unspecified atom stereocenters. The fourth-order valence-corrected chi connectivity index (χ4v) is 0.925. The van der Waals surface area contributed by atoms with Crippen LogP contribution in [0.1, 0.15) is 14.8 Å². The van der Waals surface area contributed by atoms with E-state index in [9.17, 15) is 4.79 Å². The van der Waals surface area contributed by atoms with E-state index in [0.29, 0.717) is 6.54 Å². The quantitative estimate of drug-likeness (QED) is 0.399. The van der Waals surface area contributed by atoms with Gasteiger partial charge in [0.1, 0.15) is 0 Å². The minimum atomic E-state index is -0.777. The Kier molecular flexibility index (Phi) is 12.6. The Hall–Kier alpha value is 0.806. The van der Waals surface area contributed by atoms with Crippen molar-refractivity contribution in [2.75, 3.05) is 19.6 Å². The second kappa shape index (κ2) is 9.89. The molecule has 0 spiro atoms. The molecule has 0 bridgehead atoms. The number of carboxylic acids is 1. The van der Waals surface area contributed by atoms with Crippen LogP contribution in [0.15, 0.2) is 12.7 Å². The number of carboxylic acid groups (broad SMARTS) is 1. The van der Waals surface area contributed by atoms with Crippen molar-refractivity contribution in [1.29, 1.82) is 0 Å². The molecule has 0 fully saturated rings. The maximum Gasteiger partial charge on any atom is 1.00 e. The third kappa shape index (κ3) is 8.90. The van der Waals surface area contributed by atoms with Crippen LogP contribution in [0.2, 0.25) is 0 Å². The molecule has 3 nitrogen and oxygen atoms in total. The molecule has 0 saturated carbocycles. The molecule has 0 rings (SSSR count). The molecule has 0 aromatic heterocycles. The average molecular weight is 197 g/mol. The van der Waals surface area contributed by atoms with Crippen LogP contribution in [-0.2, 0) is 4.79 Å². The maximum absolute atomic E-state index is 10.3. The molecule has 0 saturated heterocycles. The number of hydrogen-bond donors (Lipinski definition) is 1. The summed E-state index contributed by atoms with van der Waals surface area (Å²) in [6.45, 7) is 7.16. The second-order valence-electron chi connectivity index (χ2n) is 2.42. The van der Waals surface area contributed by atoms with Gasteiger partial charge in [-0.05, 0) is 13.0 Å². The molecule has 0 aliphatic carbocycles. The number of rotatable bonds is 6. The summed E-state index contributed by atoms with van der Waals surface area (Å²) in [5.74, 6) is -0.777. The van der Waals surface area contributed by atoms with Crippen LogP contribution in [0.5, 0.6) is 0 Å². The maximum atomic E-state index is 10.3. The largest absolute Gasteiger partial charge is 1.00 e. The summed E-state index contributed by atoms with van der Waals surface area (Å²) in [6.07, 6.45) is 2.69. The van der Waals surface area contributed by atoms with Crippen molar-refractivity contribution in [2.45, 2.75) is 13.3 Å². The summed E-state index contributed by atoms with van der Waals surface area (Å²) in [7, 11) is 0. The SMILES string of the molecule is C=CCN(CCC)CC(=O)O.[H-].[K+]. The third-order valence-electron chi connectivity index (χ3n) is 1.29. The van der Waals surface area contributed by atoms with E-state index in [2.05, 4.69) is 6.58 Å². The minimum Gasteiger partial charge on any atom is -1.00 e. The molecule has 4 heteroatoms. The van der Waals surface area contributed by atoms with Crippen molar-refractivity contribution in [3.05, 3.63) is 12.7 Å². The van der Waals surface area contributed by atoms with E-state index in [1.165, 1.54) is 0 Å². The van der Waals surface area contributed by atoms with E-state index in [1.807, 2.05) is 11.8 Å². The van der Waals surface area contributed by atoms with Crippen molar-refractivity contribution >= 4 is 5.97 Å². The van der Waals surface area contributed by atoms with Gasteiger partial charge in [0.15, 0.2) is 0 Å². The minimum absolute atomic E-state index is 0. The van der Waals surface area contributed by atoms with Gasteiger partial charge >= 0.3 is 57.4 Å². The molecule has 0 heterocycles. The molecular weight excluding hydrogens is 181 g/mol. The second-order valence-corrected chi connectivity index (χ2v) is 2.42. The molecule has 0 aliphatic rings. The predicted molar refractivity (Wildman–Crippen MR) is 45.7 cm³/mol. The molecule has 0 radical (unpaired) electrons. The van der Waals surface area contributed by atoms with Crippen LogP contribution in [0.25, 0.3) is 0 Å². The van der Waals surface area contributed by atoms with E-state index in [-0.39, 0.29) is 59.4 Å². The molecule has 0 amide bonds. The number of carbonyl (C=O) groups is 1. The van der Waals surface area contributed by atoms with Gasteiger partial charge in [-0.3, -0.25) is 9.69 Å². The van der Waals surface area contributed by atoms with Crippen molar-refractivity contribution < 1.29 is 62.7 Å². The smallest absolute Gasteiger partial charge is 1.00 e. The zero-order valence-electron chi connectivity index (χ0n) is 8.92. The number of nitrogens with zero attached hydrogens (tertiary/aromatic N) is 1. The fourth-order valence-electron chi connectivity index (χ4n) is 0.925. The van der Waals surface area contributed by atoms with Gasteiger partial charge in [-0.25, -0.2) is 0 Å². The van der Waals surface area contributed by atoms with E-state index in [1.54, 1.807) is 6.08 Å². The van der Waals surface area contributed by atoms with Gasteiger partial charge in [-0.15, -0.1) is 6.58 Å². The summed E-state index contributed by atoms with van der Waals surface area (Å²) in [6, 6.07) is 0. The van der Waals surface area contributed by atoms with Crippen molar-refractivity contribution in [3.8, 4) is 0 Å². The summed E-state index contributed by atoms with van der Waals surface area (Å²) >= 11 is 0. The van der Waals surface area contributed by atoms with Crippen LogP contribution in [0.3, 0.4) is 0 Å². The summed E-state index contributed by atoms with van der Waals surface area (Å²) in [5.41, 5.74) is 0. The first-order valence-electron chi connectivity index (χ1n) is 3.75. The zero-order valence-corrected chi connectivity index (χ0v) is 11.0. The zero-order chi connectivity index (χ0) is 8.69. The molecule has 0 atom stereocenters. The van der Waals surface area contributed by atoms with E-state index in [0.717, 1.165) is 13.0 Å². The first-order valence-corrected chi connectivity index (χ1v) is 3.75. The standard InChI is InChI=1S/C8H15NO2.K.H/c1-3-5-9(6-4-2)7-8(10)11;;/h3H,1,4-7H2,2H3,(H,10,11);;/q;+1;-1. The van der Waals surface area contributed by atoms with E-state index in [4.69, 9.17) is 5.11 Å². The Morgan fingerprint density at radius 2 is 2.33 bits per heavy atom. The van der Waals surface area contributed by atoms with Gasteiger partial charge in [0, 0.05) is 6.54 Å². The molecule has 12 heavy (non-hydrogen) atoms. The number of aliphatic carboxylic acids is 1. The molecule has 0 aliphatic heterocycles. The summed E-state index contributed by atoms with van der Waals surface area (Å²) < 4.78 is 0. The molecule has 1 N–H and O–H groups in total. The molecular formula is C8H16KNO2. The van der Waals surface area contributed by atoms with Gasteiger partial charge in [0.2, 0.25) is 0 Å². The van der Waals surface area contributed by atoms with Crippen LogP contribution in [-0.4, -0.2) is 35.6 Å². The van der Waals surface area contributed by atoms with Crippen LogP contribution < -0.4 is 51.4 Å². The topological polar surface area (TPSA) is 40.5 Å². The first kappa shape index (κ1) is 15.3. The third-order valence-corrected chi connectivity index (χ3v) is 1.29. The first-order chi connectivity index (χ1) is 5.20. The average Bonchev–Trinajstić information content (AvgIpc) is 1.87. The van der Waals surface area contributed by atoms with Gasteiger partial charge in [0.25, 0.3) is 0 Å². The monoisotopic (exact) mass is 197 g/mol. The van der Waals surface area contributed by atoms with Crippen LogP contribution >= 0.6 is 0 Å². The van der Waals surface area contributed by atoms with Crippen molar-refractivity contribution in [1.82, 2.24) is 4.90 Å².